The fraction of sp³-hybridized carbons (Fsp3) is 0.769. The third kappa shape index (κ3) is 2.39. The number of piperidine rings is 1. The molecule has 2 aliphatic rings. The minimum atomic E-state index is -0.0637. The summed E-state index contributed by atoms with van der Waals surface area (Å²) in [6.45, 7) is 1.02. The van der Waals surface area contributed by atoms with Crippen molar-refractivity contribution in [1.29, 1.82) is 0 Å². The maximum atomic E-state index is 11.7. The third-order valence-corrected chi connectivity index (χ3v) is 3.61. The monoisotopic (exact) mass is 223 g/mol. The van der Waals surface area contributed by atoms with Crippen molar-refractivity contribution in [1.82, 2.24) is 4.90 Å². The lowest BCUT2D eigenvalue weighted by Gasteiger charge is -2.38. The molecule has 1 atom stereocenters. The van der Waals surface area contributed by atoms with E-state index in [1.54, 1.807) is 0 Å². The lowest BCUT2D eigenvalue weighted by Crippen LogP contribution is -2.44. The smallest absolute Gasteiger partial charge is 0.328 e. The zero-order valence-corrected chi connectivity index (χ0v) is 10.1. The van der Waals surface area contributed by atoms with Crippen LogP contribution >= 0.6 is 0 Å². The van der Waals surface area contributed by atoms with E-state index in [4.69, 9.17) is 4.74 Å². The van der Waals surface area contributed by atoms with Gasteiger partial charge in [0.1, 0.15) is 6.04 Å². The van der Waals surface area contributed by atoms with Crippen LogP contribution < -0.4 is 0 Å². The minimum Gasteiger partial charge on any atom is -0.467 e. The lowest BCUT2D eigenvalue weighted by atomic mass is 9.96. The van der Waals surface area contributed by atoms with Crippen LogP contribution in [0.5, 0.6) is 0 Å². The topological polar surface area (TPSA) is 29.5 Å². The summed E-state index contributed by atoms with van der Waals surface area (Å²) in [4.78, 5) is 14.0. The largest absolute Gasteiger partial charge is 0.467 e. The quantitative estimate of drug-likeness (QED) is 0.640. The fourth-order valence-corrected chi connectivity index (χ4v) is 2.75. The van der Waals surface area contributed by atoms with Crippen molar-refractivity contribution in [3.63, 3.8) is 0 Å². The zero-order chi connectivity index (χ0) is 11.4. The van der Waals surface area contributed by atoms with Crippen molar-refractivity contribution in [3.05, 3.63) is 11.8 Å². The molecule has 1 unspecified atom stereocenters. The van der Waals surface area contributed by atoms with Crippen LogP contribution in [0.25, 0.3) is 0 Å². The van der Waals surface area contributed by atoms with E-state index >= 15 is 0 Å². The molecule has 0 amide bonds. The van der Waals surface area contributed by atoms with E-state index in [1.165, 1.54) is 38.5 Å². The Bertz CT molecular complexity index is 286. The molecule has 0 saturated carbocycles. The molecule has 0 aromatic heterocycles. The van der Waals surface area contributed by atoms with Gasteiger partial charge >= 0.3 is 5.97 Å². The van der Waals surface area contributed by atoms with Gasteiger partial charge in [-0.2, -0.15) is 0 Å². The normalized spacial score (nSPS) is 29.4. The van der Waals surface area contributed by atoms with Crippen LogP contribution in [-0.4, -0.2) is 30.6 Å². The van der Waals surface area contributed by atoms with Crippen LogP contribution in [0, 0.1) is 0 Å². The van der Waals surface area contributed by atoms with Gasteiger partial charge in [0.15, 0.2) is 0 Å². The Hall–Kier alpha value is -0.990. The van der Waals surface area contributed by atoms with Gasteiger partial charge in [0, 0.05) is 12.2 Å². The zero-order valence-electron chi connectivity index (χ0n) is 10.1. The summed E-state index contributed by atoms with van der Waals surface area (Å²) in [5.41, 5.74) is 1.38. The number of fused-ring (bicyclic) bond motifs is 1. The van der Waals surface area contributed by atoms with Crippen LogP contribution in [0.4, 0.5) is 0 Å². The van der Waals surface area contributed by atoms with E-state index in [2.05, 4.69) is 11.0 Å². The molecule has 0 spiro atoms. The van der Waals surface area contributed by atoms with Gasteiger partial charge in [-0.1, -0.05) is 12.5 Å². The number of esters is 1. The van der Waals surface area contributed by atoms with Gasteiger partial charge in [0.2, 0.25) is 0 Å². The van der Waals surface area contributed by atoms with Gasteiger partial charge in [-0.25, -0.2) is 4.79 Å². The standard InChI is InChI=1S/C13H21NO2/c1-16-13(15)12-9-6-8-11-7-4-2-3-5-10-14(11)12/h7,12H,2-6,8-10H2,1H3/b11-7-. The molecule has 16 heavy (non-hydrogen) atoms. The minimum absolute atomic E-state index is 0.0249. The second-order valence-electron chi connectivity index (χ2n) is 4.67. The number of methoxy groups -OCH3 is 1. The molecule has 3 heteroatoms. The van der Waals surface area contributed by atoms with Crippen LogP contribution in [-0.2, 0) is 9.53 Å². The predicted molar refractivity (Wildman–Crippen MR) is 62.9 cm³/mol. The fourth-order valence-electron chi connectivity index (χ4n) is 2.75. The number of ether oxygens (including phenoxy) is 1. The van der Waals surface area contributed by atoms with Crippen molar-refractivity contribution in [2.24, 2.45) is 0 Å². The van der Waals surface area contributed by atoms with Crippen molar-refractivity contribution in [2.75, 3.05) is 13.7 Å². The van der Waals surface area contributed by atoms with Crippen molar-refractivity contribution < 1.29 is 9.53 Å². The number of rotatable bonds is 1. The summed E-state index contributed by atoms with van der Waals surface area (Å²) in [6.07, 6.45) is 10.5. The number of hydrogen-bond donors (Lipinski definition) is 0. The molecular formula is C13H21NO2. The van der Waals surface area contributed by atoms with Crippen LogP contribution in [0.15, 0.2) is 11.8 Å². The van der Waals surface area contributed by atoms with E-state index in [9.17, 15) is 4.79 Å². The molecule has 3 nitrogen and oxygen atoms in total. The maximum Gasteiger partial charge on any atom is 0.328 e. The molecule has 0 aromatic carbocycles. The summed E-state index contributed by atoms with van der Waals surface area (Å²) in [5, 5.41) is 0. The summed E-state index contributed by atoms with van der Waals surface area (Å²) >= 11 is 0. The molecule has 0 aromatic rings. The van der Waals surface area contributed by atoms with Gasteiger partial charge in [-0.3, -0.25) is 0 Å². The number of carbonyl (C=O) groups excluding carboxylic acids is 1. The van der Waals surface area contributed by atoms with Gasteiger partial charge in [-0.15, -0.1) is 0 Å². The van der Waals surface area contributed by atoms with E-state index in [-0.39, 0.29) is 12.0 Å². The van der Waals surface area contributed by atoms with Crippen LogP contribution in [0.3, 0.4) is 0 Å². The Kier molecular flexibility index (Phi) is 3.86. The van der Waals surface area contributed by atoms with E-state index < -0.39 is 0 Å². The first-order chi connectivity index (χ1) is 7.83. The Morgan fingerprint density at radius 3 is 3.06 bits per heavy atom. The Balaban J connectivity index is 2.14. The lowest BCUT2D eigenvalue weighted by molar-refractivity contribution is -0.147. The molecule has 1 fully saturated rings. The molecule has 0 aliphatic carbocycles. The highest BCUT2D eigenvalue weighted by Gasteiger charge is 2.31. The number of carbonyl (C=O) groups is 1. The van der Waals surface area contributed by atoms with Crippen molar-refractivity contribution in [2.45, 2.75) is 51.0 Å². The highest BCUT2D eigenvalue weighted by atomic mass is 16.5. The SMILES string of the molecule is COC(=O)C1CCC/C2=C/CCCCCN21. The molecule has 2 heterocycles. The summed E-state index contributed by atoms with van der Waals surface area (Å²) in [7, 11) is 1.49. The molecule has 0 radical (unpaired) electrons. The molecule has 2 rings (SSSR count). The summed E-state index contributed by atoms with van der Waals surface area (Å²) in [5.74, 6) is -0.0637. The number of hydrogen-bond acceptors (Lipinski definition) is 3. The second-order valence-corrected chi connectivity index (χ2v) is 4.67. The molecule has 1 saturated heterocycles. The third-order valence-electron chi connectivity index (χ3n) is 3.61. The first-order valence-corrected chi connectivity index (χ1v) is 6.36. The number of nitrogens with zero attached hydrogens (tertiary/aromatic N) is 1. The Labute approximate surface area is 97.5 Å². The van der Waals surface area contributed by atoms with E-state index in [1.807, 2.05) is 0 Å². The summed E-state index contributed by atoms with van der Waals surface area (Å²) in [6, 6.07) is -0.0249. The highest BCUT2D eigenvalue weighted by Crippen LogP contribution is 2.29. The number of allylic oxidation sites excluding steroid dienone is 2. The predicted octanol–water partition coefficient (Wildman–Crippen LogP) is 2.47. The molecular weight excluding hydrogens is 202 g/mol. The molecule has 0 bridgehead atoms. The maximum absolute atomic E-state index is 11.7. The van der Waals surface area contributed by atoms with Crippen LogP contribution in [0.1, 0.15) is 44.9 Å². The van der Waals surface area contributed by atoms with Crippen molar-refractivity contribution in [3.8, 4) is 0 Å². The van der Waals surface area contributed by atoms with Gasteiger partial charge in [0.05, 0.1) is 7.11 Å². The average Bonchev–Trinajstić information content (AvgIpc) is 2.28. The average molecular weight is 223 g/mol. The molecule has 90 valence electrons. The molecule has 2 aliphatic heterocycles. The van der Waals surface area contributed by atoms with E-state index in [0.29, 0.717) is 0 Å². The first-order valence-electron chi connectivity index (χ1n) is 6.36. The second kappa shape index (κ2) is 5.37. The van der Waals surface area contributed by atoms with Crippen molar-refractivity contribution >= 4 is 5.97 Å². The van der Waals surface area contributed by atoms with Crippen LogP contribution in [0.2, 0.25) is 0 Å². The molecule has 0 N–H and O–H groups in total. The van der Waals surface area contributed by atoms with Gasteiger partial charge in [-0.05, 0) is 38.5 Å². The summed E-state index contributed by atoms with van der Waals surface area (Å²) < 4.78 is 4.90. The first kappa shape index (κ1) is 11.5. The van der Waals surface area contributed by atoms with Gasteiger partial charge < -0.3 is 9.64 Å². The Morgan fingerprint density at radius 1 is 1.38 bits per heavy atom. The highest BCUT2D eigenvalue weighted by molar-refractivity contribution is 5.76. The Morgan fingerprint density at radius 2 is 2.25 bits per heavy atom. The van der Waals surface area contributed by atoms with E-state index in [0.717, 1.165) is 25.8 Å². The van der Waals surface area contributed by atoms with Gasteiger partial charge in [0.25, 0.3) is 0 Å².